The zero-order valence-electron chi connectivity index (χ0n) is 13.5. The Morgan fingerprint density at radius 1 is 1.35 bits per heavy atom. The molecule has 0 saturated carbocycles. The maximum absolute atomic E-state index is 12.0. The number of hydrogen-bond acceptors (Lipinski definition) is 6. The van der Waals surface area contributed by atoms with Crippen molar-refractivity contribution in [3.05, 3.63) is 79.4 Å². The van der Waals surface area contributed by atoms with Crippen molar-refractivity contribution in [3.8, 4) is 0 Å². The SMILES string of the molecule is [N-]=[N+]=N[C@@H]1C[C@@H](COC(=O)c2ccccc2)O[C@H]1n1ccc(=O)[nH]c1=O. The van der Waals surface area contributed by atoms with Crippen molar-refractivity contribution < 1.29 is 14.3 Å². The Morgan fingerprint density at radius 3 is 2.81 bits per heavy atom. The van der Waals surface area contributed by atoms with Crippen molar-refractivity contribution >= 4 is 5.97 Å². The molecular weight excluding hydrogens is 342 g/mol. The Balaban J connectivity index is 1.71. The number of rotatable bonds is 5. The van der Waals surface area contributed by atoms with Crippen LogP contribution in [0.4, 0.5) is 0 Å². The van der Waals surface area contributed by atoms with Crippen molar-refractivity contribution in [3.63, 3.8) is 0 Å². The maximum atomic E-state index is 12.0. The van der Waals surface area contributed by atoms with Gasteiger partial charge in [-0.15, -0.1) is 0 Å². The third-order valence-electron chi connectivity index (χ3n) is 3.90. The van der Waals surface area contributed by atoms with Gasteiger partial charge < -0.3 is 9.47 Å². The van der Waals surface area contributed by atoms with E-state index in [1.165, 1.54) is 12.3 Å². The summed E-state index contributed by atoms with van der Waals surface area (Å²) in [6.07, 6.45) is 0.0876. The van der Waals surface area contributed by atoms with Crippen LogP contribution < -0.4 is 11.2 Å². The molecule has 2 aromatic rings. The summed E-state index contributed by atoms with van der Waals surface area (Å²) >= 11 is 0. The second kappa shape index (κ2) is 7.68. The zero-order valence-corrected chi connectivity index (χ0v) is 13.5. The number of esters is 1. The molecule has 2 heterocycles. The van der Waals surface area contributed by atoms with Crippen LogP contribution in [0.15, 0.2) is 57.3 Å². The number of H-pyrrole nitrogens is 1. The number of nitrogens with one attached hydrogen (secondary N) is 1. The first-order valence-corrected chi connectivity index (χ1v) is 7.82. The zero-order chi connectivity index (χ0) is 18.5. The Bertz CT molecular complexity index is 947. The van der Waals surface area contributed by atoms with E-state index in [2.05, 4.69) is 15.0 Å². The number of aromatic nitrogens is 2. The molecule has 26 heavy (non-hydrogen) atoms. The molecular formula is C16H15N5O5. The highest BCUT2D eigenvalue weighted by atomic mass is 16.6. The Labute approximate surface area is 146 Å². The maximum Gasteiger partial charge on any atom is 0.338 e. The summed E-state index contributed by atoms with van der Waals surface area (Å²) in [6, 6.07) is 8.97. The van der Waals surface area contributed by atoms with E-state index in [0.29, 0.717) is 5.56 Å². The van der Waals surface area contributed by atoms with E-state index < -0.39 is 35.6 Å². The largest absolute Gasteiger partial charge is 0.459 e. The lowest BCUT2D eigenvalue weighted by molar-refractivity contribution is -0.0365. The molecule has 0 radical (unpaired) electrons. The fourth-order valence-electron chi connectivity index (χ4n) is 2.71. The Hall–Kier alpha value is -3.36. The second-order valence-electron chi connectivity index (χ2n) is 5.64. The normalized spacial score (nSPS) is 21.8. The highest BCUT2D eigenvalue weighted by molar-refractivity contribution is 5.89. The molecule has 1 aliphatic rings. The summed E-state index contributed by atoms with van der Waals surface area (Å²) in [4.78, 5) is 40.0. The molecule has 3 atom stereocenters. The Kier molecular flexibility index (Phi) is 5.16. The summed E-state index contributed by atoms with van der Waals surface area (Å²) in [5.74, 6) is -0.501. The van der Waals surface area contributed by atoms with Gasteiger partial charge in [0.25, 0.3) is 5.56 Å². The van der Waals surface area contributed by atoms with Gasteiger partial charge in [0.15, 0.2) is 0 Å². The van der Waals surface area contributed by atoms with Crippen LogP contribution >= 0.6 is 0 Å². The summed E-state index contributed by atoms with van der Waals surface area (Å²) < 4.78 is 12.1. The molecule has 10 heteroatoms. The standard InChI is InChI=1S/C16H15N5O5/c17-20-19-12-8-11(9-25-15(23)10-4-2-1-3-5-10)26-14(12)21-7-6-13(22)18-16(21)24/h1-7,11-12,14H,8-9H2,(H,18,22,24)/t11-,12+,14+/m0/s1. The third kappa shape index (κ3) is 3.82. The number of carbonyl (C=O) groups excluding carboxylic acids is 1. The van der Waals surface area contributed by atoms with E-state index in [0.717, 1.165) is 4.57 Å². The Morgan fingerprint density at radius 2 is 2.12 bits per heavy atom. The predicted molar refractivity (Wildman–Crippen MR) is 89.5 cm³/mol. The smallest absolute Gasteiger partial charge is 0.338 e. The van der Waals surface area contributed by atoms with Crippen molar-refractivity contribution in [2.75, 3.05) is 6.61 Å². The molecule has 1 aliphatic heterocycles. The lowest BCUT2D eigenvalue weighted by Crippen LogP contribution is -2.34. The van der Waals surface area contributed by atoms with E-state index in [4.69, 9.17) is 15.0 Å². The van der Waals surface area contributed by atoms with Gasteiger partial charge in [-0.05, 0) is 24.1 Å². The molecule has 1 N–H and O–H groups in total. The van der Waals surface area contributed by atoms with Gasteiger partial charge in [-0.25, -0.2) is 9.59 Å². The number of ether oxygens (including phenoxy) is 2. The molecule has 0 aliphatic carbocycles. The van der Waals surface area contributed by atoms with Crippen LogP contribution in [-0.2, 0) is 9.47 Å². The third-order valence-corrected chi connectivity index (χ3v) is 3.90. The summed E-state index contributed by atoms with van der Waals surface area (Å²) in [6.45, 7) is -0.0558. The van der Waals surface area contributed by atoms with E-state index in [1.807, 2.05) is 0 Å². The fraction of sp³-hybridized carbons (Fsp3) is 0.312. The molecule has 1 aromatic heterocycles. The van der Waals surface area contributed by atoms with Gasteiger partial charge in [-0.2, -0.15) is 0 Å². The van der Waals surface area contributed by atoms with Crippen LogP contribution in [0, 0.1) is 0 Å². The lowest BCUT2D eigenvalue weighted by atomic mass is 10.1. The van der Waals surface area contributed by atoms with Crippen LogP contribution in [0.3, 0.4) is 0 Å². The molecule has 0 bridgehead atoms. The number of benzene rings is 1. The van der Waals surface area contributed by atoms with Crippen molar-refractivity contribution in [1.82, 2.24) is 9.55 Å². The van der Waals surface area contributed by atoms with Crippen LogP contribution in [0.1, 0.15) is 23.0 Å². The highest BCUT2D eigenvalue weighted by Crippen LogP contribution is 2.30. The van der Waals surface area contributed by atoms with Crippen LogP contribution in [0.25, 0.3) is 10.4 Å². The van der Waals surface area contributed by atoms with E-state index >= 15 is 0 Å². The molecule has 134 valence electrons. The molecule has 0 unspecified atom stereocenters. The minimum Gasteiger partial charge on any atom is -0.459 e. The minimum atomic E-state index is -0.893. The average molecular weight is 357 g/mol. The first-order chi connectivity index (χ1) is 12.6. The van der Waals surface area contributed by atoms with Crippen LogP contribution in [0.5, 0.6) is 0 Å². The van der Waals surface area contributed by atoms with Crippen molar-refractivity contribution in [1.29, 1.82) is 0 Å². The lowest BCUT2D eigenvalue weighted by Gasteiger charge is -2.17. The van der Waals surface area contributed by atoms with Crippen LogP contribution in [0.2, 0.25) is 0 Å². The average Bonchev–Trinajstić information content (AvgIpc) is 3.03. The molecule has 0 spiro atoms. The summed E-state index contributed by atoms with van der Waals surface area (Å²) in [5.41, 5.74) is 7.92. The number of azide groups is 1. The van der Waals surface area contributed by atoms with Crippen LogP contribution in [-0.4, -0.2) is 34.3 Å². The monoisotopic (exact) mass is 357 g/mol. The first-order valence-electron chi connectivity index (χ1n) is 7.82. The second-order valence-corrected chi connectivity index (χ2v) is 5.64. The number of nitrogens with zero attached hydrogens (tertiary/aromatic N) is 4. The van der Waals surface area contributed by atoms with Crippen molar-refractivity contribution in [2.24, 2.45) is 5.11 Å². The van der Waals surface area contributed by atoms with Crippen molar-refractivity contribution in [2.45, 2.75) is 24.8 Å². The van der Waals surface area contributed by atoms with Gasteiger partial charge in [0.1, 0.15) is 12.8 Å². The first kappa shape index (κ1) is 17.5. The number of hydrogen-bond donors (Lipinski definition) is 1. The van der Waals surface area contributed by atoms with E-state index in [-0.39, 0.29) is 13.0 Å². The fourth-order valence-corrected chi connectivity index (χ4v) is 2.71. The molecule has 3 rings (SSSR count). The molecule has 1 aromatic carbocycles. The summed E-state index contributed by atoms with van der Waals surface area (Å²) in [7, 11) is 0. The van der Waals surface area contributed by atoms with Gasteiger partial charge in [0, 0.05) is 17.2 Å². The molecule has 1 saturated heterocycles. The topological polar surface area (TPSA) is 139 Å². The van der Waals surface area contributed by atoms with Gasteiger partial charge in [-0.3, -0.25) is 14.3 Å². The van der Waals surface area contributed by atoms with Gasteiger partial charge in [-0.1, -0.05) is 23.3 Å². The highest BCUT2D eigenvalue weighted by Gasteiger charge is 2.37. The van der Waals surface area contributed by atoms with Gasteiger partial charge in [0.05, 0.1) is 17.7 Å². The molecule has 0 amide bonds. The minimum absolute atomic E-state index is 0.0558. The molecule has 10 nitrogen and oxygen atoms in total. The summed E-state index contributed by atoms with van der Waals surface area (Å²) in [5, 5.41) is 3.64. The quantitative estimate of drug-likeness (QED) is 0.372. The number of aromatic amines is 1. The van der Waals surface area contributed by atoms with E-state index in [9.17, 15) is 14.4 Å². The van der Waals surface area contributed by atoms with Gasteiger partial charge in [0.2, 0.25) is 0 Å². The predicted octanol–water partition coefficient (Wildman–Crippen LogP) is 1.36. The van der Waals surface area contributed by atoms with Gasteiger partial charge >= 0.3 is 11.7 Å². The molecule has 1 fully saturated rings. The van der Waals surface area contributed by atoms with E-state index in [1.54, 1.807) is 30.3 Å². The number of carbonyl (C=O) groups is 1.